The highest BCUT2D eigenvalue weighted by atomic mass is 16.2. The molecule has 1 aliphatic heterocycles. The molecule has 4 aliphatic rings. The lowest BCUT2D eigenvalue weighted by Gasteiger charge is -2.62. The van der Waals surface area contributed by atoms with E-state index in [0.29, 0.717) is 11.5 Å². The first-order chi connectivity index (χ1) is 11.7. The van der Waals surface area contributed by atoms with Crippen molar-refractivity contribution in [1.82, 2.24) is 4.90 Å². The van der Waals surface area contributed by atoms with Crippen LogP contribution in [0.5, 0.6) is 0 Å². The maximum absolute atomic E-state index is 12.2. The summed E-state index contributed by atoms with van der Waals surface area (Å²) in [7, 11) is 2.03. The summed E-state index contributed by atoms with van der Waals surface area (Å²) in [4.78, 5) is 14.3. The predicted octanol–water partition coefficient (Wildman–Crippen LogP) is 5.14. The van der Waals surface area contributed by atoms with Crippen LogP contribution in [-0.2, 0) is 4.79 Å². The Kier molecular flexibility index (Phi) is 3.95. The van der Waals surface area contributed by atoms with Crippen molar-refractivity contribution in [2.24, 2.45) is 46.3 Å². The van der Waals surface area contributed by atoms with Gasteiger partial charge in [-0.25, -0.2) is 0 Å². The quantitative estimate of drug-likeness (QED) is 0.645. The fraction of sp³-hybridized carbons (Fsp3) is 0.870. The lowest BCUT2D eigenvalue weighted by Crippen LogP contribution is -2.61. The third-order valence-corrected chi connectivity index (χ3v) is 9.38. The van der Waals surface area contributed by atoms with Crippen LogP contribution < -0.4 is 0 Å². The number of amides is 1. The molecule has 0 aromatic carbocycles. The molecule has 2 nitrogen and oxygen atoms in total. The van der Waals surface area contributed by atoms with Gasteiger partial charge in [0.15, 0.2) is 0 Å². The summed E-state index contributed by atoms with van der Waals surface area (Å²) >= 11 is 0. The van der Waals surface area contributed by atoms with Crippen molar-refractivity contribution in [3.8, 4) is 0 Å². The van der Waals surface area contributed by atoms with E-state index in [1.807, 2.05) is 18.0 Å². The van der Waals surface area contributed by atoms with E-state index in [-0.39, 0.29) is 11.3 Å². The Hall–Kier alpha value is -0.790. The molecular formula is C23H37NO. The summed E-state index contributed by atoms with van der Waals surface area (Å²) in [5.74, 6) is 5.14. The van der Waals surface area contributed by atoms with Gasteiger partial charge in [-0.3, -0.25) is 4.79 Å². The van der Waals surface area contributed by atoms with E-state index in [2.05, 4.69) is 40.7 Å². The van der Waals surface area contributed by atoms with Gasteiger partial charge >= 0.3 is 0 Å². The average molecular weight is 344 g/mol. The van der Waals surface area contributed by atoms with Gasteiger partial charge in [0.2, 0.25) is 5.91 Å². The summed E-state index contributed by atoms with van der Waals surface area (Å²) < 4.78 is 0. The van der Waals surface area contributed by atoms with Crippen LogP contribution >= 0.6 is 0 Å². The highest BCUT2D eigenvalue weighted by Gasteiger charge is 2.62. The van der Waals surface area contributed by atoms with Gasteiger partial charge < -0.3 is 4.90 Å². The van der Waals surface area contributed by atoms with Crippen LogP contribution in [0.25, 0.3) is 0 Å². The van der Waals surface area contributed by atoms with E-state index in [4.69, 9.17) is 0 Å². The topological polar surface area (TPSA) is 20.3 Å². The van der Waals surface area contributed by atoms with Gasteiger partial charge in [-0.2, -0.15) is 0 Å². The number of nitrogens with zero attached hydrogens (tertiary/aromatic N) is 1. The number of fused-ring (bicyclic) bond motifs is 5. The first-order valence-electron chi connectivity index (χ1n) is 10.7. The van der Waals surface area contributed by atoms with Gasteiger partial charge in [0.05, 0.1) is 0 Å². The number of hydrogen-bond donors (Lipinski definition) is 0. The monoisotopic (exact) mass is 343 g/mol. The highest BCUT2D eigenvalue weighted by molar-refractivity contribution is 5.89. The summed E-state index contributed by atoms with van der Waals surface area (Å²) in [6.45, 7) is 12.5. The molecule has 3 aliphatic carbocycles. The van der Waals surface area contributed by atoms with Crippen molar-refractivity contribution in [3.63, 3.8) is 0 Å². The second-order valence-electron chi connectivity index (χ2n) is 10.6. The van der Waals surface area contributed by atoms with Crippen molar-refractivity contribution in [2.75, 3.05) is 7.05 Å². The lowest BCUT2D eigenvalue weighted by atomic mass is 9.45. The third-order valence-electron chi connectivity index (χ3n) is 9.38. The minimum atomic E-state index is 0.178. The molecule has 1 amide bonds. The maximum atomic E-state index is 12.2. The second-order valence-corrected chi connectivity index (χ2v) is 10.6. The van der Waals surface area contributed by atoms with E-state index in [0.717, 1.165) is 35.5 Å². The molecule has 25 heavy (non-hydrogen) atoms. The number of likely N-dealkylation sites (N-methyl/N-ethyl adjacent to an activating group) is 1. The Labute approximate surface area is 154 Å². The Morgan fingerprint density at radius 3 is 2.56 bits per heavy atom. The minimum Gasteiger partial charge on any atom is -0.338 e. The zero-order valence-corrected chi connectivity index (χ0v) is 17.1. The molecule has 0 saturated heterocycles. The molecule has 2 heteroatoms. The van der Waals surface area contributed by atoms with Crippen LogP contribution in [0.15, 0.2) is 12.2 Å². The van der Waals surface area contributed by atoms with Crippen LogP contribution in [0.2, 0.25) is 0 Å². The summed E-state index contributed by atoms with van der Waals surface area (Å²) in [5.41, 5.74) is 0.726. The highest BCUT2D eigenvalue weighted by Crippen LogP contribution is 2.67. The third kappa shape index (κ3) is 2.24. The first kappa shape index (κ1) is 17.6. The van der Waals surface area contributed by atoms with E-state index < -0.39 is 0 Å². The van der Waals surface area contributed by atoms with E-state index in [1.54, 1.807) is 0 Å². The Morgan fingerprint density at radius 1 is 1.16 bits per heavy atom. The molecule has 0 spiro atoms. The van der Waals surface area contributed by atoms with Crippen molar-refractivity contribution in [3.05, 3.63) is 12.2 Å². The summed E-state index contributed by atoms with van der Waals surface area (Å²) in [5, 5.41) is 0. The molecule has 140 valence electrons. The van der Waals surface area contributed by atoms with Gasteiger partial charge in [0.1, 0.15) is 0 Å². The lowest BCUT2D eigenvalue weighted by molar-refractivity contribution is -0.145. The number of carbonyl (C=O) groups is 1. The van der Waals surface area contributed by atoms with E-state index in [9.17, 15) is 4.79 Å². The molecular weight excluding hydrogens is 306 g/mol. The fourth-order valence-electron chi connectivity index (χ4n) is 8.19. The Bertz CT molecular complexity index is 595. The maximum Gasteiger partial charge on any atom is 0.246 e. The van der Waals surface area contributed by atoms with Gasteiger partial charge in [0.25, 0.3) is 0 Å². The molecule has 4 rings (SSSR count). The zero-order valence-electron chi connectivity index (χ0n) is 17.1. The standard InChI is InChI=1S/C23H37NO/c1-14(2)16-7-8-17-21-15(3)13-19-23(5,12-10-20(25)24(19)6)18(21)9-11-22(16,17)4/h10,12,14-19,21H,7-9,11,13H2,1-6H3/t15?,16-,17+,18+,19?,21+,22-,23-/m1/s1. The van der Waals surface area contributed by atoms with Crippen molar-refractivity contribution < 1.29 is 4.79 Å². The fourth-order valence-corrected chi connectivity index (χ4v) is 8.19. The molecule has 0 aromatic rings. The Balaban J connectivity index is 1.71. The van der Waals surface area contributed by atoms with Crippen LogP contribution in [-0.4, -0.2) is 23.9 Å². The van der Waals surface area contributed by atoms with Crippen LogP contribution in [0.4, 0.5) is 0 Å². The molecule has 0 aromatic heterocycles. The van der Waals surface area contributed by atoms with E-state index >= 15 is 0 Å². The first-order valence-corrected chi connectivity index (χ1v) is 10.7. The molecule has 8 atom stereocenters. The van der Waals surface area contributed by atoms with Crippen LogP contribution in [0, 0.1) is 46.3 Å². The normalized spacial score (nSPS) is 52.1. The molecule has 1 heterocycles. The van der Waals surface area contributed by atoms with Gasteiger partial charge in [-0.1, -0.05) is 40.7 Å². The summed E-state index contributed by atoms with van der Waals surface area (Å²) in [6.07, 6.45) is 11.0. The minimum absolute atomic E-state index is 0.178. The molecule has 3 fully saturated rings. The SMILES string of the molecule is CC1CC2N(C)C(=O)C=C[C@]2(C)[C@H]2CC[C@]3(C)[C@@H](C(C)C)CC[C@H]3[C@H]12. The van der Waals surface area contributed by atoms with Gasteiger partial charge in [-0.05, 0) is 79.1 Å². The molecule has 0 bridgehead atoms. The number of hydrogen-bond acceptors (Lipinski definition) is 1. The molecule has 3 saturated carbocycles. The summed E-state index contributed by atoms with van der Waals surface area (Å²) in [6, 6.07) is 0.396. The molecule has 0 radical (unpaired) electrons. The molecule has 0 N–H and O–H groups in total. The van der Waals surface area contributed by atoms with E-state index in [1.165, 1.54) is 32.1 Å². The largest absolute Gasteiger partial charge is 0.338 e. The Morgan fingerprint density at radius 2 is 1.88 bits per heavy atom. The predicted molar refractivity (Wildman–Crippen MR) is 103 cm³/mol. The van der Waals surface area contributed by atoms with Crippen LogP contribution in [0.3, 0.4) is 0 Å². The van der Waals surface area contributed by atoms with Crippen LogP contribution in [0.1, 0.15) is 66.7 Å². The van der Waals surface area contributed by atoms with Crippen molar-refractivity contribution >= 4 is 5.91 Å². The van der Waals surface area contributed by atoms with Gasteiger partial charge in [-0.15, -0.1) is 0 Å². The van der Waals surface area contributed by atoms with Crippen molar-refractivity contribution in [1.29, 1.82) is 0 Å². The zero-order chi connectivity index (χ0) is 18.1. The average Bonchev–Trinajstić information content (AvgIpc) is 2.91. The second kappa shape index (κ2) is 5.60. The van der Waals surface area contributed by atoms with Gasteiger partial charge in [0, 0.05) is 18.5 Å². The molecule has 2 unspecified atom stereocenters. The number of rotatable bonds is 1. The smallest absolute Gasteiger partial charge is 0.246 e. The number of carbonyl (C=O) groups excluding carboxylic acids is 1. The van der Waals surface area contributed by atoms with Crippen molar-refractivity contribution in [2.45, 2.75) is 72.8 Å².